The van der Waals surface area contributed by atoms with E-state index in [1.807, 2.05) is 6.07 Å². The van der Waals surface area contributed by atoms with Crippen molar-refractivity contribution in [2.24, 2.45) is 0 Å². The van der Waals surface area contributed by atoms with E-state index in [-0.39, 0.29) is 0 Å². The SMILES string of the molecule is C[Si]1(C)c2ccccc2-c2ccc3nc(-c4ccc(-c5ccc6ccc7ccc(-c8ccccc8)nc7c6n5)c5cc6ccccc6cc45)c4ccccc4c3c21. The van der Waals surface area contributed by atoms with Crippen molar-refractivity contribution < 1.29 is 0 Å². The smallest absolute Gasteiger partial charge is 0.114 e. The highest BCUT2D eigenvalue weighted by atomic mass is 28.3. The predicted octanol–water partition coefficient (Wildman–Crippen LogP) is 12.6. The molecule has 4 heteroatoms. The van der Waals surface area contributed by atoms with E-state index >= 15 is 0 Å². The second-order valence-electron chi connectivity index (χ2n) is 15.9. The third-order valence-electron chi connectivity index (χ3n) is 12.4. The lowest BCUT2D eigenvalue weighted by Gasteiger charge is -2.22. The zero-order chi connectivity index (χ0) is 37.8. The number of pyridine rings is 3. The summed E-state index contributed by atoms with van der Waals surface area (Å²) in [6, 6.07) is 63.7. The first kappa shape index (κ1) is 32.3. The van der Waals surface area contributed by atoms with Crippen molar-refractivity contribution >= 4 is 83.5 Å². The molecule has 0 spiro atoms. The molecule has 0 atom stereocenters. The van der Waals surface area contributed by atoms with Crippen LogP contribution in [0, 0.1) is 0 Å². The average molecular weight is 742 g/mol. The summed E-state index contributed by atoms with van der Waals surface area (Å²) in [5.41, 5.74) is 11.8. The minimum atomic E-state index is -1.99. The van der Waals surface area contributed by atoms with Crippen LogP contribution >= 0.6 is 0 Å². The molecule has 266 valence electrons. The molecule has 1 aliphatic heterocycles. The Kier molecular flexibility index (Phi) is 6.79. The molecule has 3 aromatic heterocycles. The molecule has 3 nitrogen and oxygen atoms in total. The molecule has 0 bridgehead atoms. The van der Waals surface area contributed by atoms with Gasteiger partial charge in [0, 0.05) is 38.2 Å². The molecule has 0 unspecified atom stereocenters. The number of nitrogens with zero attached hydrogens (tertiary/aromatic N) is 3. The first-order chi connectivity index (χ1) is 28.0. The van der Waals surface area contributed by atoms with E-state index in [9.17, 15) is 0 Å². The van der Waals surface area contributed by atoms with Crippen LogP contribution in [0.15, 0.2) is 176 Å². The molecule has 0 amide bonds. The number of aromatic nitrogens is 3. The Bertz CT molecular complexity index is 3500. The van der Waals surface area contributed by atoms with E-state index in [4.69, 9.17) is 15.0 Å². The maximum atomic E-state index is 5.62. The molecule has 0 N–H and O–H groups in total. The maximum Gasteiger partial charge on any atom is 0.114 e. The van der Waals surface area contributed by atoms with Crippen molar-refractivity contribution in [2.45, 2.75) is 13.1 Å². The summed E-state index contributed by atoms with van der Waals surface area (Å²) in [5.74, 6) is 0. The van der Waals surface area contributed by atoms with Gasteiger partial charge in [-0.25, -0.2) is 15.0 Å². The van der Waals surface area contributed by atoms with E-state index in [2.05, 4.69) is 183 Å². The Labute approximate surface area is 331 Å². The van der Waals surface area contributed by atoms with Crippen LogP contribution in [0.4, 0.5) is 0 Å². The summed E-state index contributed by atoms with van der Waals surface area (Å²) in [6.45, 7) is 5.00. The van der Waals surface area contributed by atoms with Crippen LogP contribution in [0.25, 0.3) is 110 Å². The summed E-state index contributed by atoms with van der Waals surface area (Å²) in [6.07, 6.45) is 0. The summed E-state index contributed by atoms with van der Waals surface area (Å²) in [4.78, 5) is 16.2. The Balaban J connectivity index is 1.11. The second-order valence-corrected chi connectivity index (χ2v) is 20.2. The predicted molar refractivity (Wildman–Crippen MR) is 243 cm³/mol. The van der Waals surface area contributed by atoms with Crippen molar-refractivity contribution in [2.75, 3.05) is 0 Å². The van der Waals surface area contributed by atoms with E-state index in [1.54, 1.807) is 0 Å². The van der Waals surface area contributed by atoms with Gasteiger partial charge in [0.05, 0.1) is 33.6 Å². The molecule has 11 aromatic rings. The summed E-state index contributed by atoms with van der Waals surface area (Å²) >= 11 is 0. The van der Waals surface area contributed by atoms with Gasteiger partial charge >= 0.3 is 0 Å². The van der Waals surface area contributed by atoms with Crippen LogP contribution in [0.1, 0.15) is 0 Å². The minimum Gasteiger partial charge on any atom is -0.247 e. The lowest BCUT2D eigenvalue weighted by atomic mass is 9.90. The Morgan fingerprint density at radius 1 is 0.386 bits per heavy atom. The number of benzene rings is 8. The fraction of sp³-hybridized carbons (Fsp3) is 0.0377. The molecule has 1 aliphatic rings. The second kappa shape index (κ2) is 12.0. The third kappa shape index (κ3) is 4.74. The zero-order valence-electron chi connectivity index (χ0n) is 31.6. The van der Waals surface area contributed by atoms with Gasteiger partial charge in [0.15, 0.2) is 0 Å². The van der Waals surface area contributed by atoms with Crippen molar-refractivity contribution in [3.05, 3.63) is 176 Å². The summed E-state index contributed by atoms with van der Waals surface area (Å²) in [7, 11) is -1.99. The highest BCUT2D eigenvalue weighted by Crippen LogP contribution is 2.42. The van der Waals surface area contributed by atoms with Gasteiger partial charge in [-0.05, 0) is 78.8 Å². The highest BCUT2D eigenvalue weighted by Gasteiger charge is 2.39. The average Bonchev–Trinajstić information content (AvgIpc) is 3.50. The number of hydrogen-bond acceptors (Lipinski definition) is 3. The maximum absolute atomic E-state index is 5.62. The van der Waals surface area contributed by atoms with E-state index in [0.29, 0.717) is 0 Å². The van der Waals surface area contributed by atoms with Crippen molar-refractivity contribution in [1.82, 2.24) is 15.0 Å². The van der Waals surface area contributed by atoms with Gasteiger partial charge in [-0.15, -0.1) is 0 Å². The molecular formula is C53H35N3Si. The molecular weight excluding hydrogens is 707 g/mol. The van der Waals surface area contributed by atoms with Crippen LogP contribution in [-0.4, -0.2) is 23.0 Å². The van der Waals surface area contributed by atoms with Gasteiger partial charge in [0.2, 0.25) is 0 Å². The third-order valence-corrected chi connectivity index (χ3v) is 15.9. The fourth-order valence-electron chi connectivity index (χ4n) is 9.67. The Morgan fingerprint density at radius 3 is 1.74 bits per heavy atom. The van der Waals surface area contributed by atoms with E-state index < -0.39 is 8.07 Å². The molecule has 0 radical (unpaired) electrons. The molecule has 0 fully saturated rings. The van der Waals surface area contributed by atoms with Crippen LogP contribution in [0.5, 0.6) is 0 Å². The molecule has 57 heavy (non-hydrogen) atoms. The fourth-order valence-corrected chi connectivity index (χ4v) is 13.1. The van der Waals surface area contributed by atoms with Gasteiger partial charge < -0.3 is 0 Å². The van der Waals surface area contributed by atoms with Crippen molar-refractivity contribution in [3.63, 3.8) is 0 Å². The monoisotopic (exact) mass is 741 g/mol. The highest BCUT2D eigenvalue weighted by molar-refractivity contribution is 7.05. The lowest BCUT2D eigenvalue weighted by molar-refractivity contribution is 1.37. The molecule has 12 rings (SSSR count). The molecule has 0 aliphatic carbocycles. The van der Waals surface area contributed by atoms with Gasteiger partial charge in [0.1, 0.15) is 8.07 Å². The minimum absolute atomic E-state index is 0.907. The summed E-state index contributed by atoms with van der Waals surface area (Å²) in [5, 5.41) is 13.6. The van der Waals surface area contributed by atoms with Crippen molar-refractivity contribution in [3.8, 4) is 44.9 Å². The zero-order valence-corrected chi connectivity index (χ0v) is 32.6. The van der Waals surface area contributed by atoms with Crippen molar-refractivity contribution in [1.29, 1.82) is 0 Å². The van der Waals surface area contributed by atoms with Crippen LogP contribution in [0.3, 0.4) is 0 Å². The summed E-state index contributed by atoms with van der Waals surface area (Å²) < 4.78 is 0. The van der Waals surface area contributed by atoms with E-state index in [1.165, 1.54) is 48.4 Å². The molecule has 0 saturated carbocycles. The number of fused-ring (bicyclic) bond motifs is 12. The van der Waals surface area contributed by atoms with Gasteiger partial charge in [-0.1, -0.05) is 159 Å². The lowest BCUT2D eigenvalue weighted by Crippen LogP contribution is -2.49. The Morgan fingerprint density at radius 2 is 0.965 bits per heavy atom. The molecule has 0 saturated heterocycles. The van der Waals surface area contributed by atoms with Crippen LogP contribution < -0.4 is 10.4 Å². The van der Waals surface area contributed by atoms with Gasteiger partial charge in [-0.2, -0.15) is 0 Å². The van der Waals surface area contributed by atoms with Gasteiger partial charge in [0.25, 0.3) is 0 Å². The van der Waals surface area contributed by atoms with E-state index in [0.717, 1.165) is 71.9 Å². The normalized spacial score (nSPS) is 13.2. The quantitative estimate of drug-likeness (QED) is 0.103. The first-order valence-electron chi connectivity index (χ1n) is 19.7. The first-order valence-corrected chi connectivity index (χ1v) is 22.7. The van der Waals surface area contributed by atoms with Gasteiger partial charge in [-0.3, -0.25) is 0 Å². The molecule has 4 heterocycles. The molecule has 8 aromatic carbocycles. The van der Waals surface area contributed by atoms with Crippen LogP contribution in [-0.2, 0) is 0 Å². The number of hydrogen-bond donors (Lipinski definition) is 0. The largest absolute Gasteiger partial charge is 0.247 e. The standard InChI is InChI=1S/C53H35N3Si/c1-57(2)48-19-11-10-16-38(48)42-26-29-47-49(53(42)57)39-17-8-9-18-40(39)52(56-47)41-25-24-37(43-30-35-14-6-7-15-36(35)31-44(41)43)46-28-23-34-21-20-33-22-27-45(32-12-4-3-5-13-32)54-50(33)51(34)55-46/h3-31H,1-2H3. The number of rotatable bonds is 3. The Hall–Kier alpha value is -7.01. The van der Waals surface area contributed by atoms with Crippen LogP contribution in [0.2, 0.25) is 13.1 Å². The topological polar surface area (TPSA) is 38.7 Å².